The summed E-state index contributed by atoms with van der Waals surface area (Å²) in [5, 5.41) is 0. The van der Waals surface area contributed by atoms with Crippen molar-refractivity contribution in [2.45, 2.75) is 39.3 Å². The van der Waals surface area contributed by atoms with Crippen molar-refractivity contribution in [1.29, 1.82) is 0 Å². The minimum atomic E-state index is -0.263. The minimum absolute atomic E-state index is 0.0570. The summed E-state index contributed by atoms with van der Waals surface area (Å²) in [5.74, 6) is -0.263. The molecular weight excluding hydrogens is 178 g/mol. The zero-order valence-electron chi connectivity index (χ0n) is 9.25. The van der Waals surface area contributed by atoms with E-state index in [1.54, 1.807) is 6.92 Å². The molecule has 1 heterocycles. The molecule has 1 aliphatic rings. The van der Waals surface area contributed by atoms with Crippen LogP contribution in [0.3, 0.4) is 0 Å². The number of likely N-dealkylation sites (tertiary alicyclic amines) is 1. The Morgan fingerprint density at radius 1 is 1.57 bits per heavy atom. The van der Waals surface area contributed by atoms with Gasteiger partial charge in [-0.15, -0.1) is 0 Å². The van der Waals surface area contributed by atoms with Crippen LogP contribution in [-0.4, -0.2) is 36.1 Å². The monoisotopic (exact) mass is 197 g/mol. The van der Waals surface area contributed by atoms with E-state index in [1.807, 2.05) is 0 Å². The Morgan fingerprint density at radius 2 is 2.21 bits per heavy atom. The second-order valence-electron chi connectivity index (χ2n) is 4.19. The summed E-state index contributed by atoms with van der Waals surface area (Å²) in [6.07, 6.45) is 0.999. The maximum Gasteiger partial charge on any atom is 0.333 e. The standard InChI is InChI=1S/C11H19NO2/c1-8(2)11(13)14-10-5-6-12(7-10)9(3)4/h9-10H,1,5-7H2,2-4H3. The fourth-order valence-electron chi connectivity index (χ4n) is 1.57. The number of carbonyl (C=O) groups excluding carboxylic acids is 1. The third-order valence-electron chi connectivity index (χ3n) is 2.53. The van der Waals surface area contributed by atoms with Crippen molar-refractivity contribution in [3.63, 3.8) is 0 Å². The zero-order chi connectivity index (χ0) is 10.7. The molecule has 3 nitrogen and oxygen atoms in total. The number of ether oxygens (including phenoxy) is 1. The van der Waals surface area contributed by atoms with Crippen molar-refractivity contribution in [3.05, 3.63) is 12.2 Å². The van der Waals surface area contributed by atoms with Crippen LogP contribution in [0, 0.1) is 0 Å². The lowest BCUT2D eigenvalue weighted by Gasteiger charge is -2.19. The van der Waals surface area contributed by atoms with E-state index >= 15 is 0 Å². The van der Waals surface area contributed by atoms with Crippen LogP contribution >= 0.6 is 0 Å². The third kappa shape index (κ3) is 2.84. The van der Waals surface area contributed by atoms with Crippen LogP contribution in [0.25, 0.3) is 0 Å². The van der Waals surface area contributed by atoms with Crippen LogP contribution in [0.1, 0.15) is 27.2 Å². The summed E-state index contributed by atoms with van der Waals surface area (Å²) >= 11 is 0. The lowest BCUT2D eigenvalue weighted by molar-refractivity contribution is -0.143. The van der Waals surface area contributed by atoms with E-state index in [2.05, 4.69) is 25.3 Å². The Morgan fingerprint density at radius 3 is 2.64 bits per heavy atom. The van der Waals surface area contributed by atoms with Gasteiger partial charge in [0.15, 0.2) is 0 Å². The number of esters is 1. The van der Waals surface area contributed by atoms with Gasteiger partial charge in [0.1, 0.15) is 6.10 Å². The first-order valence-electron chi connectivity index (χ1n) is 5.11. The Bertz CT molecular complexity index is 235. The summed E-state index contributed by atoms with van der Waals surface area (Å²) in [7, 11) is 0. The van der Waals surface area contributed by atoms with Gasteiger partial charge in [0.05, 0.1) is 0 Å². The van der Waals surface area contributed by atoms with Gasteiger partial charge in [0.2, 0.25) is 0 Å². The van der Waals surface area contributed by atoms with Crippen LogP contribution in [0.2, 0.25) is 0 Å². The molecule has 1 unspecified atom stereocenters. The fraction of sp³-hybridized carbons (Fsp3) is 0.727. The molecule has 0 radical (unpaired) electrons. The zero-order valence-corrected chi connectivity index (χ0v) is 9.25. The summed E-state index contributed by atoms with van der Waals surface area (Å²) in [6.45, 7) is 11.4. The van der Waals surface area contributed by atoms with Gasteiger partial charge in [-0.1, -0.05) is 6.58 Å². The molecule has 0 spiro atoms. The quantitative estimate of drug-likeness (QED) is 0.508. The molecule has 3 heteroatoms. The fourth-order valence-corrected chi connectivity index (χ4v) is 1.57. The van der Waals surface area contributed by atoms with E-state index in [-0.39, 0.29) is 12.1 Å². The molecule has 0 aliphatic carbocycles. The summed E-state index contributed by atoms with van der Waals surface area (Å²) in [4.78, 5) is 13.6. The predicted octanol–water partition coefficient (Wildman–Crippen LogP) is 1.59. The summed E-state index contributed by atoms with van der Waals surface area (Å²) < 4.78 is 5.27. The first-order chi connectivity index (χ1) is 6.50. The van der Waals surface area contributed by atoms with Crippen molar-refractivity contribution in [3.8, 4) is 0 Å². The number of rotatable bonds is 3. The van der Waals surface area contributed by atoms with Crippen LogP contribution < -0.4 is 0 Å². The second kappa shape index (κ2) is 4.60. The van der Waals surface area contributed by atoms with Gasteiger partial charge in [-0.2, -0.15) is 0 Å². The first kappa shape index (κ1) is 11.2. The van der Waals surface area contributed by atoms with Crippen molar-refractivity contribution in [2.24, 2.45) is 0 Å². The lowest BCUT2D eigenvalue weighted by Crippen LogP contribution is -2.30. The summed E-state index contributed by atoms with van der Waals surface area (Å²) in [6, 6.07) is 0.531. The maximum atomic E-state index is 11.2. The van der Waals surface area contributed by atoms with E-state index in [4.69, 9.17) is 4.74 Å². The summed E-state index contributed by atoms with van der Waals surface area (Å²) in [5.41, 5.74) is 0.480. The van der Waals surface area contributed by atoms with Crippen LogP contribution in [0.5, 0.6) is 0 Å². The molecule has 0 amide bonds. The molecule has 0 saturated carbocycles. The Labute approximate surface area is 85.7 Å². The number of hydrogen-bond donors (Lipinski definition) is 0. The molecule has 0 aromatic heterocycles. The minimum Gasteiger partial charge on any atom is -0.458 e. The molecule has 0 N–H and O–H groups in total. The number of nitrogens with zero attached hydrogens (tertiary/aromatic N) is 1. The molecule has 0 bridgehead atoms. The second-order valence-corrected chi connectivity index (χ2v) is 4.19. The molecule has 14 heavy (non-hydrogen) atoms. The van der Waals surface area contributed by atoms with E-state index in [9.17, 15) is 4.79 Å². The molecule has 0 aromatic rings. The molecule has 1 rings (SSSR count). The highest BCUT2D eigenvalue weighted by molar-refractivity contribution is 5.87. The van der Waals surface area contributed by atoms with E-state index in [0.29, 0.717) is 11.6 Å². The van der Waals surface area contributed by atoms with Crippen LogP contribution in [0.4, 0.5) is 0 Å². The molecular formula is C11H19NO2. The van der Waals surface area contributed by atoms with E-state index in [1.165, 1.54) is 0 Å². The normalized spacial score (nSPS) is 22.7. The van der Waals surface area contributed by atoms with Crippen molar-refractivity contribution in [2.75, 3.05) is 13.1 Å². The van der Waals surface area contributed by atoms with Crippen molar-refractivity contribution in [1.82, 2.24) is 4.90 Å². The smallest absolute Gasteiger partial charge is 0.333 e. The van der Waals surface area contributed by atoms with Gasteiger partial charge in [-0.3, -0.25) is 4.90 Å². The van der Waals surface area contributed by atoms with Gasteiger partial charge < -0.3 is 4.74 Å². The highest BCUT2D eigenvalue weighted by Gasteiger charge is 2.26. The average molecular weight is 197 g/mol. The van der Waals surface area contributed by atoms with Crippen molar-refractivity contribution >= 4 is 5.97 Å². The van der Waals surface area contributed by atoms with Gasteiger partial charge in [0.25, 0.3) is 0 Å². The number of hydrogen-bond acceptors (Lipinski definition) is 3. The lowest BCUT2D eigenvalue weighted by atomic mass is 10.3. The van der Waals surface area contributed by atoms with Gasteiger partial charge in [-0.25, -0.2) is 4.79 Å². The average Bonchev–Trinajstić information content (AvgIpc) is 2.52. The predicted molar refractivity (Wildman–Crippen MR) is 56.0 cm³/mol. The van der Waals surface area contributed by atoms with Crippen LogP contribution in [0.15, 0.2) is 12.2 Å². The van der Waals surface area contributed by atoms with E-state index in [0.717, 1.165) is 19.5 Å². The topological polar surface area (TPSA) is 29.5 Å². The Kier molecular flexibility index (Phi) is 3.69. The first-order valence-corrected chi connectivity index (χ1v) is 5.11. The SMILES string of the molecule is C=C(C)C(=O)OC1CCN(C(C)C)C1. The largest absolute Gasteiger partial charge is 0.458 e. The Balaban J connectivity index is 2.36. The molecule has 0 aromatic carbocycles. The molecule has 1 saturated heterocycles. The highest BCUT2D eigenvalue weighted by atomic mass is 16.5. The molecule has 1 aliphatic heterocycles. The highest BCUT2D eigenvalue weighted by Crippen LogP contribution is 2.16. The van der Waals surface area contributed by atoms with Crippen molar-refractivity contribution < 1.29 is 9.53 Å². The van der Waals surface area contributed by atoms with Gasteiger partial charge >= 0.3 is 5.97 Å². The Hall–Kier alpha value is -0.830. The van der Waals surface area contributed by atoms with Crippen LogP contribution in [-0.2, 0) is 9.53 Å². The molecule has 1 atom stereocenters. The van der Waals surface area contributed by atoms with Gasteiger partial charge in [-0.05, 0) is 27.2 Å². The maximum absolute atomic E-state index is 11.2. The molecule has 1 fully saturated rings. The third-order valence-corrected chi connectivity index (χ3v) is 2.53. The van der Waals surface area contributed by atoms with E-state index < -0.39 is 0 Å². The van der Waals surface area contributed by atoms with Gasteiger partial charge in [0, 0.05) is 24.7 Å². The number of carbonyl (C=O) groups is 1. The molecule has 80 valence electrons.